The van der Waals surface area contributed by atoms with Crippen molar-refractivity contribution in [3.8, 4) is 0 Å². The third-order valence-corrected chi connectivity index (χ3v) is 3.77. The number of hydrogen-bond donors (Lipinski definition) is 1. The van der Waals surface area contributed by atoms with Crippen molar-refractivity contribution in [3.05, 3.63) is 23.4 Å². The van der Waals surface area contributed by atoms with E-state index in [1.165, 1.54) is 19.4 Å². The van der Waals surface area contributed by atoms with Crippen LogP contribution in [0, 0.1) is 0 Å². The Morgan fingerprint density at radius 2 is 2.07 bits per heavy atom. The van der Waals surface area contributed by atoms with Crippen LogP contribution in [0.4, 0.5) is 19.4 Å². The minimum absolute atomic E-state index is 0.0490. The number of amides is 1. The van der Waals surface area contributed by atoms with Gasteiger partial charge in [0.25, 0.3) is 5.92 Å². The van der Waals surface area contributed by atoms with Crippen molar-refractivity contribution >= 4 is 17.9 Å². The quantitative estimate of drug-likeness (QED) is 0.790. The molecule has 1 unspecified atom stereocenters. The van der Waals surface area contributed by atoms with Crippen LogP contribution in [0.25, 0.3) is 0 Å². The lowest BCUT2D eigenvalue weighted by Gasteiger charge is -2.24. The molecule has 0 spiro atoms. The van der Waals surface area contributed by atoms with E-state index in [-0.39, 0.29) is 30.1 Å². The van der Waals surface area contributed by atoms with Crippen molar-refractivity contribution in [1.82, 2.24) is 9.88 Å². The lowest BCUT2D eigenvalue weighted by molar-refractivity contribution is -0.110. The highest BCUT2D eigenvalue weighted by Crippen LogP contribution is 2.32. The maximum atomic E-state index is 14.2. The van der Waals surface area contributed by atoms with Crippen LogP contribution in [0.2, 0.25) is 0 Å². The second kappa shape index (κ2) is 7.63. The van der Waals surface area contributed by atoms with Crippen LogP contribution in [0.3, 0.4) is 0 Å². The fraction of sp³-hybridized carbons (Fsp3) is 0.588. The number of nitrogens with two attached hydrogens (primary N) is 1. The van der Waals surface area contributed by atoms with Crippen molar-refractivity contribution < 1.29 is 32.6 Å². The number of ether oxygens (including phenoxy) is 3. The first-order valence-corrected chi connectivity index (χ1v) is 8.23. The summed E-state index contributed by atoms with van der Waals surface area (Å²) in [5.41, 5.74) is 5.31. The predicted octanol–water partition coefficient (Wildman–Crippen LogP) is 2.22. The topological polar surface area (TPSA) is 104 Å². The molecule has 1 aliphatic heterocycles. The first-order valence-electron chi connectivity index (χ1n) is 8.23. The zero-order valence-corrected chi connectivity index (χ0v) is 15.6. The Morgan fingerprint density at radius 1 is 1.41 bits per heavy atom. The lowest BCUT2D eigenvalue weighted by atomic mass is 10.2. The van der Waals surface area contributed by atoms with E-state index in [4.69, 9.17) is 15.2 Å². The predicted molar refractivity (Wildman–Crippen MR) is 91.3 cm³/mol. The first kappa shape index (κ1) is 20.8. The summed E-state index contributed by atoms with van der Waals surface area (Å²) in [6, 6.07) is 1.37. The molecular weight excluding hydrogens is 364 g/mol. The van der Waals surface area contributed by atoms with Gasteiger partial charge >= 0.3 is 12.1 Å². The van der Waals surface area contributed by atoms with E-state index in [1.807, 2.05) is 0 Å². The highest BCUT2D eigenvalue weighted by molar-refractivity contribution is 5.89. The molecule has 27 heavy (non-hydrogen) atoms. The van der Waals surface area contributed by atoms with Gasteiger partial charge in [-0.2, -0.15) is 0 Å². The van der Waals surface area contributed by atoms with Gasteiger partial charge in [-0.3, -0.25) is 4.90 Å². The normalized spacial score (nSPS) is 19.0. The summed E-state index contributed by atoms with van der Waals surface area (Å²) in [7, 11) is 1.21. The summed E-state index contributed by atoms with van der Waals surface area (Å²) in [5.74, 6) is -3.84. The third kappa shape index (κ3) is 5.25. The lowest BCUT2D eigenvalue weighted by Crippen LogP contribution is -2.36. The van der Waals surface area contributed by atoms with Gasteiger partial charge in [0, 0.05) is 11.8 Å². The molecule has 1 atom stereocenters. The molecule has 150 valence electrons. The fourth-order valence-electron chi connectivity index (χ4n) is 2.45. The Morgan fingerprint density at radius 3 is 2.67 bits per heavy atom. The van der Waals surface area contributed by atoms with Gasteiger partial charge in [0.15, 0.2) is 0 Å². The van der Waals surface area contributed by atoms with Crippen molar-refractivity contribution in [1.29, 1.82) is 0 Å². The minimum atomic E-state index is -3.25. The number of aromatic nitrogens is 1. The second-order valence-corrected chi connectivity index (χ2v) is 7.18. The fourth-order valence-corrected chi connectivity index (χ4v) is 2.45. The van der Waals surface area contributed by atoms with Crippen LogP contribution in [-0.2, 0) is 20.8 Å². The zero-order chi connectivity index (χ0) is 20.4. The van der Waals surface area contributed by atoms with Crippen LogP contribution in [0.15, 0.2) is 12.3 Å². The molecular formula is C17H23F2N3O5. The van der Waals surface area contributed by atoms with Gasteiger partial charge in [-0.05, 0) is 26.8 Å². The molecule has 1 aliphatic rings. The molecule has 1 aromatic heterocycles. The molecule has 0 bridgehead atoms. The number of rotatable bonds is 4. The number of methoxy groups -OCH3 is 1. The zero-order valence-electron chi connectivity index (χ0n) is 15.6. The number of carbonyl (C=O) groups excluding carboxylic acids is 2. The molecule has 2 rings (SSSR count). The summed E-state index contributed by atoms with van der Waals surface area (Å²) in [6.07, 6.45) is -1.15. The van der Waals surface area contributed by atoms with Gasteiger partial charge < -0.3 is 19.9 Å². The number of pyridine rings is 1. The average molecular weight is 387 g/mol. The van der Waals surface area contributed by atoms with E-state index in [1.54, 1.807) is 20.8 Å². The van der Waals surface area contributed by atoms with Crippen LogP contribution < -0.4 is 5.73 Å². The SMILES string of the molecule is COC(=O)c1cnc(N)c(COC2CN(C(=O)OC(C)(C)C)CC2(F)F)c1. The standard InChI is InChI=1S/C17H23F2N3O5/c1-16(2,3)27-15(24)22-7-12(17(18,19)9-22)26-8-11-5-10(14(23)25-4)6-21-13(11)20/h5-6,12H,7-9H2,1-4H3,(H2,20,21). The second-order valence-electron chi connectivity index (χ2n) is 7.18. The molecule has 1 amide bonds. The molecule has 1 aromatic rings. The highest BCUT2D eigenvalue weighted by atomic mass is 19.3. The third-order valence-electron chi connectivity index (χ3n) is 3.77. The van der Waals surface area contributed by atoms with Crippen molar-refractivity contribution in [2.24, 2.45) is 0 Å². The maximum absolute atomic E-state index is 14.2. The molecule has 8 nitrogen and oxygen atoms in total. The van der Waals surface area contributed by atoms with E-state index in [9.17, 15) is 18.4 Å². The van der Waals surface area contributed by atoms with Crippen LogP contribution in [0.1, 0.15) is 36.7 Å². The monoisotopic (exact) mass is 387 g/mol. The molecule has 0 aliphatic carbocycles. The number of halogens is 2. The van der Waals surface area contributed by atoms with E-state index >= 15 is 0 Å². The first-order chi connectivity index (χ1) is 12.4. The Bertz CT molecular complexity index is 721. The molecule has 0 aromatic carbocycles. The van der Waals surface area contributed by atoms with Gasteiger partial charge in [-0.1, -0.05) is 0 Å². The van der Waals surface area contributed by atoms with Crippen LogP contribution in [-0.4, -0.2) is 59.8 Å². The van der Waals surface area contributed by atoms with E-state index < -0.39 is 36.2 Å². The Kier molecular flexibility index (Phi) is 5.88. The summed E-state index contributed by atoms with van der Waals surface area (Å²) >= 11 is 0. The number of nitrogens with zero attached hydrogens (tertiary/aromatic N) is 2. The molecule has 1 saturated heterocycles. The number of anilines is 1. The summed E-state index contributed by atoms with van der Waals surface area (Å²) in [4.78, 5) is 28.3. The maximum Gasteiger partial charge on any atom is 0.410 e. The van der Waals surface area contributed by atoms with Crippen molar-refractivity contribution in [2.45, 2.75) is 45.0 Å². The minimum Gasteiger partial charge on any atom is -0.465 e. The number of esters is 1. The van der Waals surface area contributed by atoms with Gasteiger partial charge in [0.1, 0.15) is 17.5 Å². The summed E-state index contributed by atoms with van der Waals surface area (Å²) < 4.78 is 43.4. The molecule has 10 heteroatoms. The van der Waals surface area contributed by atoms with Gasteiger partial charge in [0.2, 0.25) is 0 Å². The van der Waals surface area contributed by atoms with Crippen molar-refractivity contribution in [2.75, 3.05) is 25.9 Å². The Labute approximate surface area is 155 Å². The smallest absolute Gasteiger partial charge is 0.410 e. The largest absolute Gasteiger partial charge is 0.465 e. The summed E-state index contributed by atoms with van der Waals surface area (Å²) in [6.45, 7) is 3.52. The van der Waals surface area contributed by atoms with Gasteiger partial charge in [-0.15, -0.1) is 0 Å². The average Bonchev–Trinajstić information content (AvgIpc) is 2.86. The van der Waals surface area contributed by atoms with E-state index in [0.717, 1.165) is 4.90 Å². The van der Waals surface area contributed by atoms with Crippen LogP contribution >= 0.6 is 0 Å². The van der Waals surface area contributed by atoms with E-state index in [2.05, 4.69) is 9.72 Å². The Hall–Kier alpha value is -2.49. The molecule has 2 heterocycles. The van der Waals surface area contributed by atoms with Gasteiger partial charge in [0.05, 0.1) is 32.4 Å². The van der Waals surface area contributed by atoms with Crippen molar-refractivity contribution in [3.63, 3.8) is 0 Å². The van der Waals surface area contributed by atoms with Gasteiger partial charge in [-0.25, -0.2) is 23.4 Å². The number of alkyl halides is 2. The highest BCUT2D eigenvalue weighted by Gasteiger charge is 2.51. The molecule has 1 fully saturated rings. The number of likely N-dealkylation sites (tertiary alicyclic amines) is 1. The summed E-state index contributed by atoms with van der Waals surface area (Å²) in [5, 5.41) is 0. The number of carbonyl (C=O) groups is 2. The molecule has 0 saturated carbocycles. The number of nitrogen functional groups attached to an aromatic ring is 1. The molecule has 0 radical (unpaired) electrons. The number of hydrogen-bond acceptors (Lipinski definition) is 7. The van der Waals surface area contributed by atoms with E-state index in [0.29, 0.717) is 0 Å². The molecule has 2 N–H and O–H groups in total. The van der Waals surface area contributed by atoms with Crippen LogP contribution in [0.5, 0.6) is 0 Å². The Balaban J connectivity index is 2.05.